The highest BCUT2D eigenvalue weighted by atomic mass is 32.2. The van der Waals surface area contributed by atoms with E-state index in [2.05, 4.69) is 24.3 Å². The van der Waals surface area contributed by atoms with E-state index in [1.54, 1.807) is 60.7 Å². The Hall–Kier alpha value is -2.35. The van der Waals surface area contributed by atoms with Crippen molar-refractivity contribution in [2.75, 3.05) is 0 Å². The van der Waals surface area contributed by atoms with Gasteiger partial charge in [-0.15, -0.1) is 11.8 Å². The van der Waals surface area contributed by atoms with Crippen LogP contribution in [0.1, 0.15) is 12.8 Å². The molecule has 4 aliphatic carbocycles. The summed E-state index contributed by atoms with van der Waals surface area (Å²) in [4.78, 5) is 1.57. The molecule has 0 aliphatic heterocycles. The fraction of sp³-hybridized carbons (Fsp3) is 0.333. The normalized spacial score (nSPS) is 35.6. The molecule has 0 radical (unpaired) electrons. The van der Waals surface area contributed by atoms with Crippen LogP contribution in [0.5, 0.6) is 0 Å². The number of fused-ring (bicyclic) bond motifs is 9. The molecule has 3 fully saturated rings. The van der Waals surface area contributed by atoms with Gasteiger partial charge < -0.3 is 0 Å². The van der Waals surface area contributed by atoms with E-state index in [0.29, 0.717) is 12.3 Å². The van der Waals surface area contributed by atoms with Gasteiger partial charge in [-0.25, -0.2) is 16.8 Å². The Morgan fingerprint density at radius 2 is 1.19 bits per heavy atom. The topological polar surface area (TPSA) is 68.3 Å². The van der Waals surface area contributed by atoms with Crippen LogP contribution in [0, 0.1) is 29.6 Å². The van der Waals surface area contributed by atoms with E-state index in [9.17, 15) is 16.8 Å². The lowest BCUT2D eigenvalue weighted by Crippen LogP contribution is -2.58. The van der Waals surface area contributed by atoms with Gasteiger partial charge in [0.05, 0.1) is 20.3 Å². The molecule has 4 nitrogen and oxygen atoms in total. The molecular weight excluding hydrogens is 521 g/mol. The Bertz CT molecular complexity index is 1570. The molecule has 0 spiro atoms. The highest BCUT2D eigenvalue weighted by molar-refractivity contribution is 8.01. The molecule has 3 aromatic rings. The smallest absolute Gasteiger partial charge is 0.182 e. The Morgan fingerprint density at radius 3 is 1.78 bits per heavy atom. The lowest BCUT2D eigenvalue weighted by atomic mass is 9.72. The van der Waals surface area contributed by atoms with Gasteiger partial charge in [0, 0.05) is 9.64 Å². The van der Waals surface area contributed by atoms with Crippen LogP contribution in [0.3, 0.4) is 0 Å². The Kier molecular flexibility index (Phi) is 5.34. The van der Waals surface area contributed by atoms with Gasteiger partial charge in [-0.2, -0.15) is 0 Å². The molecule has 0 unspecified atom stereocenters. The summed E-state index contributed by atoms with van der Waals surface area (Å²) in [7, 11) is -7.79. The van der Waals surface area contributed by atoms with Crippen molar-refractivity contribution in [2.45, 2.75) is 42.8 Å². The zero-order valence-electron chi connectivity index (χ0n) is 20.1. The van der Waals surface area contributed by atoms with Gasteiger partial charge in [0.15, 0.2) is 19.7 Å². The second-order valence-corrected chi connectivity index (χ2v) is 16.4. The molecule has 7 rings (SSSR count). The van der Waals surface area contributed by atoms with Crippen molar-refractivity contribution in [1.29, 1.82) is 0 Å². The predicted octanol–water partition coefficient (Wildman–Crippen LogP) is 5.67. The Morgan fingerprint density at radius 1 is 0.649 bits per heavy atom. The van der Waals surface area contributed by atoms with E-state index in [1.807, 2.05) is 30.0 Å². The van der Waals surface area contributed by atoms with Crippen molar-refractivity contribution in [1.82, 2.24) is 0 Å². The van der Waals surface area contributed by atoms with Crippen molar-refractivity contribution in [3.8, 4) is 0 Å². The van der Waals surface area contributed by atoms with Crippen LogP contribution in [0.25, 0.3) is 0 Å². The molecule has 190 valence electrons. The number of hydrogen-bond donors (Lipinski definition) is 0. The molecule has 3 saturated carbocycles. The summed E-state index contributed by atoms with van der Waals surface area (Å²) >= 11 is 1.81. The molecule has 37 heavy (non-hydrogen) atoms. The van der Waals surface area contributed by atoms with Crippen molar-refractivity contribution < 1.29 is 16.8 Å². The minimum absolute atomic E-state index is 0.142. The third-order valence-electron chi connectivity index (χ3n) is 9.29. The van der Waals surface area contributed by atoms with Crippen LogP contribution in [0.2, 0.25) is 0 Å². The minimum atomic E-state index is -3.91. The summed E-state index contributed by atoms with van der Waals surface area (Å²) in [5.74, 6) is 0.237. The number of benzene rings is 3. The van der Waals surface area contributed by atoms with Gasteiger partial charge in [0.2, 0.25) is 0 Å². The van der Waals surface area contributed by atoms with Gasteiger partial charge in [-0.05, 0) is 78.8 Å². The number of sulfone groups is 2. The second kappa shape index (κ2) is 8.32. The average molecular weight is 549 g/mol. The molecule has 3 aromatic carbocycles. The fourth-order valence-electron chi connectivity index (χ4n) is 8.16. The zero-order chi connectivity index (χ0) is 25.4. The third kappa shape index (κ3) is 3.26. The maximum atomic E-state index is 14.4. The molecule has 4 aliphatic rings. The van der Waals surface area contributed by atoms with E-state index in [-0.39, 0.29) is 38.2 Å². The quantitative estimate of drug-likeness (QED) is 0.293. The van der Waals surface area contributed by atoms with E-state index >= 15 is 0 Å². The molecule has 0 amide bonds. The maximum Gasteiger partial charge on any atom is 0.182 e. The van der Waals surface area contributed by atoms with Crippen molar-refractivity contribution in [3.05, 3.63) is 103 Å². The van der Waals surface area contributed by atoms with Gasteiger partial charge >= 0.3 is 0 Å². The number of thioether (sulfide) groups is 1. The predicted molar refractivity (Wildman–Crippen MR) is 146 cm³/mol. The number of allylic oxidation sites excluding steroid dienone is 2. The molecule has 7 heteroatoms. The summed E-state index contributed by atoms with van der Waals surface area (Å²) in [6.45, 7) is 0. The first-order valence-electron chi connectivity index (χ1n) is 12.9. The van der Waals surface area contributed by atoms with E-state index in [0.717, 1.165) is 11.3 Å². The number of rotatable bonds is 6. The molecule has 0 saturated heterocycles. The lowest BCUT2D eigenvalue weighted by molar-refractivity contribution is 0.242. The summed E-state index contributed by atoms with van der Waals surface area (Å²) in [6.07, 6.45) is 6.16. The standard InChI is InChI=1S/C30H28O4S3/c31-36(32,23-12-6-2-7-13-23)28-25-19-26(29(28)37(33,34)24-14-8-3-9-15-24)30(35-22-10-4-1-5-11-22)21-17-16-20(18-21)27(25)30/h1-17,20-21,25-29H,18-19H2/t20-,21-,25-,26-,27-,28+,29-,30-/m0/s1. The monoisotopic (exact) mass is 548 g/mol. The Balaban J connectivity index is 1.43. The molecule has 4 bridgehead atoms. The third-order valence-corrected chi connectivity index (χ3v) is 15.8. The largest absolute Gasteiger partial charge is 0.223 e. The van der Waals surface area contributed by atoms with Gasteiger partial charge in [-0.3, -0.25) is 0 Å². The summed E-state index contributed by atoms with van der Waals surface area (Å²) in [5.41, 5.74) is 0. The lowest BCUT2D eigenvalue weighted by Gasteiger charge is -2.49. The first-order valence-corrected chi connectivity index (χ1v) is 16.8. The minimum Gasteiger partial charge on any atom is -0.223 e. The van der Waals surface area contributed by atoms with Crippen LogP contribution < -0.4 is 0 Å². The summed E-state index contributed by atoms with van der Waals surface area (Å²) in [6, 6.07) is 27.1. The van der Waals surface area contributed by atoms with Crippen LogP contribution >= 0.6 is 11.8 Å². The molecule has 0 aromatic heterocycles. The number of hydrogen-bond acceptors (Lipinski definition) is 5. The zero-order valence-corrected chi connectivity index (χ0v) is 22.6. The SMILES string of the molecule is O=S(=O)(c1ccccc1)[C@@H]1[C@H]2C[C@@H]([C@@H]1S(=O)(=O)c1ccccc1)[C@]1(Sc3ccccc3)[C@H]2[C@H]2C=C[C@H]1C2. The summed E-state index contributed by atoms with van der Waals surface area (Å²) < 4.78 is 57.1. The first kappa shape index (κ1) is 23.7. The van der Waals surface area contributed by atoms with E-state index in [1.165, 1.54) is 0 Å². The molecule has 0 N–H and O–H groups in total. The first-order chi connectivity index (χ1) is 17.8. The second-order valence-electron chi connectivity index (χ2n) is 10.8. The molecule has 8 atom stereocenters. The highest BCUT2D eigenvalue weighted by Crippen LogP contribution is 2.75. The van der Waals surface area contributed by atoms with Crippen molar-refractivity contribution in [2.24, 2.45) is 29.6 Å². The van der Waals surface area contributed by atoms with Crippen LogP contribution in [-0.2, 0) is 19.7 Å². The van der Waals surface area contributed by atoms with Crippen LogP contribution in [-0.4, -0.2) is 32.1 Å². The highest BCUT2D eigenvalue weighted by Gasteiger charge is 2.77. The van der Waals surface area contributed by atoms with Crippen molar-refractivity contribution in [3.63, 3.8) is 0 Å². The fourth-order valence-corrected chi connectivity index (χ4v) is 15.3. The maximum absolute atomic E-state index is 14.4. The summed E-state index contributed by atoms with van der Waals surface area (Å²) in [5, 5.41) is -1.93. The van der Waals surface area contributed by atoms with Crippen LogP contribution in [0.4, 0.5) is 0 Å². The molecular formula is C30H28O4S3. The average Bonchev–Trinajstić information content (AvgIpc) is 3.69. The van der Waals surface area contributed by atoms with E-state index in [4.69, 9.17) is 0 Å². The van der Waals surface area contributed by atoms with E-state index < -0.39 is 30.2 Å². The van der Waals surface area contributed by atoms with Gasteiger partial charge in [0.1, 0.15) is 0 Å². The Labute approximate surface area is 223 Å². The van der Waals surface area contributed by atoms with Crippen LogP contribution in [0.15, 0.2) is 118 Å². The molecule has 0 heterocycles. The van der Waals surface area contributed by atoms with Gasteiger partial charge in [0.25, 0.3) is 0 Å². The van der Waals surface area contributed by atoms with Crippen molar-refractivity contribution >= 4 is 31.4 Å². The van der Waals surface area contributed by atoms with Gasteiger partial charge in [-0.1, -0.05) is 66.7 Å².